The number of hydrogen-bond donors (Lipinski definition) is 0. The van der Waals surface area contributed by atoms with Gasteiger partial charge < -0.3 is 0 Å². The van der Waals surface area contributed by atoms with Gasteiger partial charge in [0.05, 0.1) is 0 Å². The van der Waals surface area contributed by atoms with Gasteiger partial charge in [-0.15, -0.1) is 43.7 Å². The molecule has 0 nitrogen and oxygen atoms in total. The molecule has 0 amide bonds. The normalized spacial score (nSPS) is 9.58. The van der Waals surface area contributed by atoms with Gasteiger partial charge in [-0.05, 0) is 121 Å². The lowest BCUT2D eigenvalue weighted by Gasteiger charge is -2.53. The zero-order chi connectivity index (χ0) is 20.9. The van der Waals surface area contributed by atoms with Crippen molar-refractivity contribution in [2.24, 2.45) is 0 Å². The molecule has 26 heteroatoms. The molecule has 0 aliphatic heterocycles. The van der Waals surface area contributed by atoms with Crippen molar-refractivity contribution < 1.29 is 0 Å². The molecule has 98 valence electrons. The molecule has 0 bridgehead atoms. The van der Waals surface area contributed by atoms with Crippen LogP contribution in [-0.4, -0.2) is 185 Å². The molecular weight excluding hydrogens is 281 g/mol. The summed E-state index contributed by atoms with van der Waals surface area (Å²) in [5.41, 5.74) is 0. The van der Waals surface area contributed by atoms with Gasteiger partial charge in [0.2, 0.25) is 0 Å². The first-order valence-electron chi connectivity index (χ1n) is 6.67. The van der Waals surface area contributed by atoms with E-state index in [0.717, 1.165) is 12.8 Å². The van der Waals surface area contributed by atoms with Gasteiger partial charge in [0.1, 0.15) is 0 Å². The second-order valence-corrected chi connectivity index (χ2v) is 5.39. The fraction of sp³-hybridized carbons (Fsp3) is 0. The first-order valence-corrected chi connectivity index (χ1v) is 6.67. The summed E-state index contributed by atoms with van der Waals surface area (Å²) in [7, 11) is 57.3. The number of rotatable bonds is 11. The highest BCUT2D eigenvalue weighted by atomic mass is 13.3. The average molecular weight is 296 g/mol. The van der Waals surface area contributed by atoms with E-state index in [1.54, 1.807) is 0 Å². The van der Waals surface area contributed by atoms with Gasteiger partial charge in [0.25, 0.3) is 0 Å². The van der Waals surface area contributed by atoms with Crippen LogP contribution < -0.4 is 0 Å². The van der Waals surface area contributed by atoms with E-state index in [4.69, 9.17) is 69.6 Å². The highest BCUT2D eigenvalue weighted by Gasteiger charge is 2.46. The lowest BCUT2D eigenvalue weighted by atomic mass is 8.34. The maximum atomic E-state index is 6.44. The van der Waals surface area contributed by atoms with Gasteiger partial charge >= 0.3 is 0 Å². The van der Waals surface area contributed by atoms with E-state index >= 15 is 0 Å². The highest BCUT2D eigenvalue weighted by Crippen LogP contribution is 2.11. The van der Waals surface area contributed by atoms with Crippen LogP contribution in [0.25, 0.3) is 0 Å². The topological polar surface area (TPSA) is 0 Å². The van der Waals surface area contributed by atoms with Gasteiger partial charge in [0, 0.05) is 0 Å². The van der Waals surface area contributed by atoms with Crippen LogP contribution in [0.2, 0.25) is 0 Å². The molecule has 0 aromatic heterocycles. The minimum Gasteiger partial charge on any atom is -0.267 e. The summed E-state index contributed by atoms with van der Waals surface area (Å²) in [5.74, 6) is 0. The molecule has 26 heavy (non-hydrogen) atoms. The van der Waals surface area contributed by atoms with Crippen LogP contribution in [0.4, 0.5) is 0 Å². The highest BCUT2D eigenvalue weighted by molar-refractivity contribution is 8.25. The standard InChI is InChI=1S/B26H15/c1-15(2)22(16(3)4)25(21(13)14)26(23(17(5)6)18(7)8)24(19(9)10)20(11)12/h1-5H3/q-5. The molecule has 0 saturated heterocycles. The third-order valence-electron chi connectivity index (χ3n) is 3.78. The van der Waals surface area contributed by atoms with E-state index in [1.807, 2.05) is 0 Å². The second kappa shape index (κ2) is 12.4. The van der Waals surface area contributed by atoms with Crippen molar-refractivity contribution in [3.8, 4) is 0 Å². The maximum absolute atomic E-state index is 6.44. The molecule has 0 fully saturated rings. The molecule has 0 rings (SSSR count). The summed E-state index contributed by atoms with van der Waals surface area (Å²) in [4.78, 5) is 0. The second-order valence-electron chi connectivity index (χ2n) is 5.39. The quantitative estimate of drug-likeness (QED) is 0.332. The largest absolute Gasteiger partial charge is 0.267 e. The molecule has 0 aromatic rings. The minimum atomic E-state index is -0.667. The Morgan fingerprint density at radius 1 is 0.346 bits per heavy atom. The molecule has 18 radical (unpaired) electrons. The molecule has 0 N–H and O–H groups in total. The Labute approximate surface area is 184 Å². The molecule has 0 unspecified atom stereocenters. The van der Waals surface area contributed by atoms with Gasteiger partial charge in [-0.3, -0.25) is 12.8 Å². The van der Waals surface area contributed by atoms with E-state index in [9.17, 15) is 0 Å². The summed E-state index contributed by atoms with van der Waals surface area (Å²) in [6, 6.07) is 0. The van der Waals surface area contributed by atoms with Crippen LogP contribution in [0.5, 0.6) is 0 Å². The van der Waals surface area contributed by atoms with Gasteiger partial charge in [-0.2, -0.15) is 0 Å². The van der Waals surface area contributed by atoms with Crippen LogP contribution >= 0.6 is 0 Å². The van der Waals surface area contributed by atoms with E-state index in [-0.39, 0.29) is 70.6 Å². The Balaban J connectivity index is 6.53. The minimum absolute atomic E-state index is 0.000567. The van der Waals surface area contributed by atoms with Crippen molar-refractivity contribution in [2.75, 3.05) is 0 Å². The lowest BCUT2D eigenvalue weighted by molar-refractivity contribution is 3.28. The van der Waals surface area contributed by atoms with Crippen molar-refractivity contribution in [3.63, 3.8) is 0 Å². The summed E-state index contributed by atoms with van der Waals surface area (Å²) in [6.07, 6.45) is -0.265. The first kappa shape index (κ1) is 27.7. The molecule has 0 aromatic carbocycles. The predicted octanol–water partition coefficient (Wildman–Crippen LogP) is -13.9. The van der Waals surface area contributed by atoms with Crippen molar-refractivity contribution in [1.82, 2.24) is 0 Å². The lowest BCUT2D eigenvalue weighted by Crippen LogP contribution is -2.86. The van der Waals surface area contributed by atoms with Crippen LogP contribution in [-0.2, 0) is 0 Å². The molecule has 0 saturated carbocycles. The first-order chi connectivity index (χ1) is 11.7. The third kappa shape index (κ3) is 7.50. The zero-order valence-electron chi connectivity index (χ0n) is 12.1. The van der Waals surface area contributed by atoms with Crippen molar-refractivity contribution >= 4 is 185 Å². The van der Waals surface area contributed by atoms with Gasteiger partial charge in [-0.25, -0.2) is 0 Å². The molecule has 0 spiro atoms. The Kier molecular flexibility index (Phi) is 13.2. The van der Waals surface area contributed by atoms with Crippen molar-refractivity contribution in [1.29, 1.82) is 0 Å². The maximum Gasteiger partial charge on any atom is -0.0000000128 e. The van der Waals surface area contributed by atoms with Gasteiger partial charge in [-0.1, -0.05) is 7.74 Å². The summed E-state index contributed by atoms with van der Waals surface area (Å²) >= 11 is 0. The SMILES string of the molecule is [B]B([B])B(B([B])[B])B(B(B([B])[B])B([B])[BH3-])B(B([B])[B])B(B([BH3-])[BH3-])B([BH3-])[BH3-]. The Bertz CT molecular complexity index is 314. The van der Waals surface area contributed by atoms with E-state index < -0.39 is 25.5 Å². The average Bonchev–Trinajstić information content (AvgIpc) is 2.40. The summed E-state index contributed by atoms with van der Waals surface area (Å²) in [5, 5.41) is 0. The molecule has 0 aliphatic carbocycles. The van der Waals surface area contributed by atoms with Crippen LogP contribution in [0.15, 0.2) is 0 Å². The van der Waals surface area contributed by atoms with Crippen LogP contribution in [0.1, 0.15) is 0 Å². The monoisotopic (exact) mass is 301 g/mol. The fourth-order valence-electron chi connectivity index (χ4n) is 2.82. The van der Waals surface area contributed by atoms with Crippen molar-refractivity contribution in [2.45, 2.75) is 0 Å². The van der Waals surface area contributed by atoms with Gasteiger partial charge in [0.15, 0.2) is 0 Å². The molecule has 0 aliphatic rings. The van der Waals surface area contributed by atoms with E-state index in [2.05, 4.69) is 0 Å². The third-order valence-corrected chi connectivity index (χ3v) is 3.78. The molecular formula is H15B26-5. The van der Waals surface area contributed by atoms with E-state index in [0.29, 0.717) is 6.39 Å². The van der Waals surface area contributed by atoms with Crippen molar-refractivity contribution in [3.05, 3.63) is 0 Å². The van der Waals surface area contributed by atoms with E-state index in [1.165, 1.54) is 0 Å². The number of hydrogen-bond acceptors (Lipinski definition) is 0. The Morgan fingerprint density at radius 2 is 0.654 bits per heavy atom. The fourth-order valence-corrected chi connectivity index (χ4v) is 2.82. The zero-order valence-corrected chi connectivity index (χ0v) is 12.1. The summed E-state index contributed by atoms with van der Waals surface area (Å²) < 4.78 is 0. The summed E-state index contributed by atoms with van der Waals surface area (Å²) in [6.45, 7) is 0. The van der Waals surface area contributed by atoms with Crippen LogP contribution in [0, 0.1) is 0 Å². The Hall–Kier alpha value is 1.69. The smallest absolute Gasteiger partial charge is 0.0000000128 e. The van der Waals surface area contributed by atoms with Crippen LogP contribution in [0.3, 0.4) is 0 Å². The molecule has 0 atom stereocenters. The predicted molar refractivity (Wildman–Crippen MR) is 171 cm³/mol. The Morgan fingerprint density at radius 3 is 0.846 bits per heavy atom. The molecule has 0 heterocycles.